The summed E-state index contributed by atoms with van der Waals surface area (Å²) in [4.78, 5) is 35.7. The first kappa shape index (κ1) is 19.3. The van der Waals surface area contributed by atoms with Gasteiger partial charge in [-0.15, -0.1) is 0 Å². The Morgan fingerprint density at radius 3 is 2.04 bits per heavy atom. The summed E-state index contributed by atoms with van der Waals surface area (Å²) < 4.78 is 5.48. The van der Waals surface area contributed by atoms with Crippen molar-refractivity contribution in [3.8, 4) is 0 Å². The molecule has 1 atom stereocenters. The minimum absolute atomic E-state index is 0.102. The Kier molecular flexibility index (Phi) is 5.81. The molecule has 7 heteroatoms. The van der Waals surface area contributed by atoms with Crippen molar-refractivity contribution in [3.63, 3.8) is 0 Å². The van der Waals surface area contributed by atoms with E-state index in [1.165, 1.54) is 24.3 Å². The van der Waals surface area contributed by atoms with Gasteiger partial charge in [0, 0.05) is 28.3 Å². The van der Waals surface area contributed by atoms with Crippen LogP contribution >= 0.6 is 11.6 Å². The van der Waals surface area contributed by atoms with Gasteiger partial charge in [-0.25, -0.2) is 4.79 Å². The fourth-order valence-electron chi connectivity index (χ4n) is 2.56. The summed E-state index contributed by atoms with van der Waals surface area (Å²) in [6, 6.07) is 19.8. The van der Waals surface area contributed by atoms with Gasteiger partial charge in [0.05, 0.1) is 10.5 Å². The first-order valence-electron chi connectivity index (χ1n) is 8.26. The minimum Gasteiger partial charge on any atom is -0.445 e. The molecule has 6 nitrogen and oxygen atoms in total. The highest BCUT2D eigenvalue weighted by molar-refractivity contribution is 6.30. The van der Waals surface area contributed by atoms with E-state index in [4.69, 9.17) is 16.3 Å². The molecule has 0 saturated carbocycles. The second-order valence-electron chi connectivity index (χ2n) is 5.87. The van der Waals surface area contributed by atoms with Gasteiger partial charge in [-0.1, -0.05) is 54.1 Å². The molecular weight excluding hydrogens is 382 g/mol. The fourth-order valence-corrected chi connectivity index (χ4v) is 2.68. The van der Waals surface area contributed by atoms with Gasteiger partial charge in [0.25, 0.3) is 5.69 Å². The Hall–Kier alpha value is -3.51. The molecule has 140 valence electrons. The van der Waals surface area contributed by atoms with Crippen molar-refractivity contribution in [2.24, 2.45) is 0 Å². The number of halogens is 1. The highest BCUT2D eigenvalue weighted by Gasteiger charge is 2.27. The molecule has 0 heterocycles. The number of benzene rings is 3. The molecular formula is C21H14ClNO5. The van der Waals surface area contributed by atoms with Crippen LogP contribution in [0.4, 0.5) is 5.69 Å². The summed E-state index contributed by atoms with van der Waals surface area (Å²) in [5, 5.41) is 11.2. The van der Waals surface area contributed by atoms with Gasteiger partial charge < -0.3 is 4.74 Å². The summed E-state index contributed by atoms with van der Waals surface area (Å²) >= 11 is 5.91. The number of nitrogens with zero attached hydrogens (tertiary/aromatic N) is 1. The summed E-state index contributed by atoms with van der Waals surface area (Å²) in [6.45, 7) is 0. The molecule has 0 aliphatic carbocycles. The zero-order chi connectivity index (χ0) is 20.1. The molecule has 0 aliphatic rings. The third-order valence-corrected chi connectivity index (χ3v) is 4.26. The quantitative estimate of drug-likeness (QED) is 0.253. The lowest BCUT2D eigenvalue weighted by atomic mass is 9.99. The van der Waals surface area contributed by atoms with E-state index in [1.54, 1.807) is 54.6 Å². The second kappa shape index (κ2) is 8.45. The number of hydrogen-bond donors (Lipinski definition) is 0. The Labute approximate surface area is 165 Å². The molecule has 0 spiro atoms. The second-order valence-corrected chi connectivity index (χ2v) is 6.31. The van der Waals surface area contributed by atoms with Crippen LogP contribution in [0.5, 0.6) is 0 Å². The largest absolute Gasteiger partial charge is 0.445 e. The summed E-state index contributed by atoms with van der Waals surface area (Å²) in [6.07, 6.45) is -1.18. The van der Waals surface area contributed by atoms with Crippen molar-refractivity contribution in [1.82, 2.24) is 0 Å². The van der Waals surface area contributed by atoms with Crippen molar-refractivity contribution in [2.45, 2.75) is 6.10 Å². The number of hydrogen-bond acceptors (Lipinski definition) is 5. The van der Waals surface area contributed by atoms with Crippen LogP contribution in [0.1, 0.15) is 32.4 Å². The van der Waals surface area contributed by atoms with Crippen molar-refractivity contribution < 1.29 is 19.2 Å². The average Bonchev–Trinajstić information content (AvgIpc) is 2.73. The van der Waals surface area contributed by atoms with E-state index in [2.05, 4.69) is 0 Å². The van der Waals surface area contributed by atoms with E-state index >= 15 is 0 Å². The van der Waals surface area contributed by atoms with Crippen molar-refractivity contribution >= 4 is 29.0 Å². The molecule has 3 aromatic carbocycles. The Bertz CT molecular complexity index is 1000. The molecule has 0 unspecified atom stereocenters. The van der Waals surface area contributed by atoms with E-state index in [0.29, 0.717) is 16.1 Å². The Morgan fingerprint density at radius 1 is 0.857 bits per heavy atom. The van der Waals surface area contributed by atoms with Crippen LogP contribution in [0, 0.1) is 10.1 Å². The molecule has 0 aromatic heterocycles. The van der Waals surface area contributed by atoms with Crippen molar-refractivity contribution in [1.29, 1.82) is 0 Å². The van der Waals surface area contributed by atoms with E-state index in [0.717, 1.165) is 0 Å². The Morgan fingerprint density at radius 2 is 1.46 bits per heavy atom. The Balaban J connectivity index is 1.90. The zero-order valence-corrected chi connectivity index (χ0v) is 15.2. The standard InChI is InChI=1S/C21H14ClNO5/c22-17-10-6-15(7-11-17)20(19(24)14-4-2-1-3-5-14)28-21(25)16-8-12-18(13-9-16)23(26)27/h1-13,20H/t20-/m0/s1. The van der Waals surface area contributed by atoms with Crippen LogP contribution in [-0.2, 0) is 4.74 Å². The topological polar surface area (TPSA) is 86.5 Å². The highest BCUT2D eigenvalue weighted by atomic mass is 35.5. The zero-order valence-electron chi connectivity index (χ0n) is 14.4. The number of esters is 1. The number of nitro groups is 1. The first-order chi connectivity index (χ1) is 13.5. The lowest BCUT2D eigenvalue weighted by Crippen LogP contribution is -2.20. The van der Waals surface area contributed by atoms with Gasteiger partial charge in [-0.05, 0) is 24.3 Å². The predicted molar refractivity (Wildman–Crippen MR) is 103 cm³/mol. The number of Topliss-reactive ketones (excluding diaryl/α,β-unsaturated/α-hetero) is 1. The maximum Gasteiger partial charge on any atom is 0.339 e. The van der Waals surface area contributed by atoms with Gasteiger partial charge in [-0.3, -0.25) is 14.9 Å². The van der Waals surface area contributed by atoms with E-state index in [1.807, 2.05) is 0 Å². The maximum absolute atomic E-state index is 12.9. The van der Waals surface area contributed by atoms with Crippen LogP contribution in [0.15, 0.2) is 78.9 Å². The smallest absolute Gasteiger partial charge is 0.339 e. The lowest BCUT2D eigenvalue weighted by Gasteiger charge is -2.17. The fraction of sp³-hybridized carbons (Fsp3) is 0.0476. The molecule has 0 aliphatic heterocycles. The van der Waals surface area contributed by atoms with E-state index in [-0.39, 0.29) is 11.3 Å². The van der Waals surface area contributed by atoms with E-state index < -0.39 is 22.8 Å². The number of non-ortho nitro benzene ring substituents is 1. The van der Waals surface area contributed by atoms with Crippen LogP contribution in [0.3, 0.4) is 0 Å². The predicted octanol–water partition coefficient (Wildman–Crippen LogP) is 5.03. The van der Waals surface area contributed by atoms with Crippen LogP contribution in [0.2, 0.25) is 5.02 Å². The van der Waals surface area contributed by atoms with Crippen molar-refractivity contribution in [2.75, 3.05) is 0 Å². The summed E-state index contributed by atoms with van der Waals surface area (Å²) in [5.74, 6) is -1.16. The average molecular weight is 396 g/mol. The number of carbonyl (C=O) groups excluding carboxylic acids is 2. The maximum atomic E-state index is 12.9. The lowest BCUT2D eigenvalue weighted by molar-refractivity contribution is -0.384. The minimum atomic E-state index is -1.18. The monoisotopic (exact) mass is 395 g/mol. The molecule has 0 bridgehead atoms. The molecule has 0 N–H and O–H groups in total. The summed E-state index contributed by atoms with van der Waals surface area (Å²) in [7, 11) is 0. The van der Waals surface area contributed by atoms with Gasteiger partial charge >= 0.3 is 5.97 Å². The third-order valence-electron chi connectivity index (χ3n) is 4.01. The number of ketones is 1. The van der Waals surface area contributed by atoms with Gasteiger partial charge in [0.1, 0.15) is 0 Å². The SMILES string of the molecule is O=C(O[C@H](C(=O)c1ccccc1)c1ccc(Cl)cc1)c1ccc([N+](=O)[O-])cc1. The molecule has 3 rings (SSSR count). The molecule has 3 aromatic rings. The molecule has 0 fully saturated rings. The molecule has 0 amide bonds. The molecule has 0 saturated heterocycles. The third kappa shape index (κ3) is 4.42. The highest BCUT2D eigenvalue weighted by Crippen LogP contribution is 2.26. The van der Waals surface area contributed by atoms with Crippen LogP contribution in [-0.4, -0.2) is 16.7 Å². The number of carbonyl (C=O) groups is 2. The van der Waals surface area contributed by atoms with Crippen LogP contribution < -0.4 is 0 Å². The number of rotatable bonds is 6. The number of ether oxygens (including phenoxy) is 1. The van der Waals surface area contributed by atoms with E-state index in [9.17, 15) is 19.7 Å². The van der Waals surface area contributed by atoms with Gasteiger partial charge in [0.2, 0.25) is 5.78 Å². The first-order valence-corrected chi connectivity index (χ1v) is 8.63. The summed E-state index contributed by atoms with van der Waals surface area (Å²) in [5.41, 5.74) is 0.809. The normalized spacial score (nSPS) is 11.5. The molecule has 28 heavy (non-hydrogen) atoms. The van der Waals surface area contributed by atoms with Gasteiger partial charge in [-0.2, -0.15) is 0 Å². The van der Waals surface area contributed by atoms with Crippen molar-refractivity contribution in [3.05, 3.63) is 111 Å². The van der Waals surface area contributed by atoms with Gasteiger partial charge in [0.15, 0.2) is 6.10 Å². The van der Waals surface area contributed by atoms with Crippen LogP contribution in [0.25, 0.3) is 0 Å². The number of nitro benzene ring substituents is 1. The molecule has 0 radical (unpaired) electrons.